The fraction of sp³-hybridized carbons (Fsp3) is 0.357. The number of aromatic nitrogens is 2. The standard InChI is InChI=1S/C28H29FN6O3/c1-33(17-6-7-17)27(36)19-8-9-23(32-26(19)34-13-11-16(30)14-34)35-15-20-18(28(35)37)10-12-31-25(20)24-21(29)4-3-5-22(24)38-2/h3-5,8-10,12,16-17H,6-7,11,13-15,30H2,1-2H3. The lowest BCUT2D eigenvalue weighted by Gasteiger charge is -2.25. The number of methoxy groups -OCH3 is 1. The highest BCUT2D eigenvalue weighted by Gasteiger charge is 2.36. The average Bonchev–Trinajstić information content (AvgIpc) is 3.61. The Kier molecular flexibility index (Phi) is 5.98. The van der Waals surface area contributed by atoms with Crippen LogP contribution in [0.1, 0.15) is 45.5 Å². The first kappa shape index (κ1) is 24.3. The maximum Gasteiger partial charge on any atom is 0.260 e. The second-order valence-corrected chi connectivity index (χ2v) is 10.1. The van der Waals surface area contributed by atoms with E-state index < -0.39 is 5.82 Å². The molecule has 2 aromatic heterocycles. The highest BCUT2D eigenvalue weighted by molar-refractivity contribution is 6.11. The van der Waals surface area contributed by atoms with Crippen LogP contribution in [0.3, 0.4) is 0 Å². The Morgan fingerprint density at radius 1 is 1.18 bits per heavy atom. The van der Waals surface area contributed by atoms with Crippen molar-refractivity contribution >= 4 is 23.5 Å². The van der Waals surface area contributed by atoms with Crippen LogP contribution in [0.25, 0.3) is 11.3 Å². The Morgan fingerprint density at radius 2 is 2.00 bits per heavy atom. The summed E-state index contributed by atoms with van der Waals surface area (Å²) in [5.41, 5.74) is 8.28. The molecule has 4 heterocycles. The number of nitrogens with two attached hydrogens (primary N) is 1. The summed E-state index contributed by atoms with van der Waals surface area (Å²) in [5.74, 6) is 0.459. The number of hydrogen-bond acceptors (Lipinski definition) is 7. The summed E-state index contributed by atoms with van der Waals surface area (Å²) in [4.78, 5) is 41.5. The van der Waals surface area contributed by atoms with Gasteiger partial charge in [0.1, 0.15) is 23.2 Å². The molecule has 0 spiro atoms. The number of carbonyl (C=O) groups is 2. The number of benzene rings is 1. The maximum absolute atomic E-state index is 14.9. The van der Waals surface area contributed by atoms with Gasteiger partial charge in [0, 0.05) is 49.5 Å². The van der Waals surface area contributed by atoms with Gasteiger partial charge in [-0.2, -0.15) is 0 Å². The third-order valence-electron chi connectivity index (χ3n) is 7.59. The number of hydrogen-bond donors (Lipinski definition) is 1. The molecule has 9 nitrogen and oxygen atoms in total. The Labute approximate surface area is 220 Å². The summed E-state index contributed by atoms with van der Waals surface area (Å²) >= 11 is 0. The molecule has 1 saturated carbocycles. The van der Waals surface area contributed by atoms with Crippen molar-refractivity contribution in [1.29, 1.82) is 0 Å². The third kappa shape index (κ3) is 4.05. The molecule has 2 amide bonds. The van der Waals surface area contributed by atoms with E-state index >= 15 is 0 Å². The second-order valence-electron chi connectivity index (χ2n) is 10.1. The number of pyridine rings is 2. The van der Waals surface area contributed by atoms with Crippen LogP contribution in [-0.2, 0) is 6.54 Å². The molecule has 1 aromatic carbocycles. The summed E-state index contributed by atoms with van der Waals surface area (Å²) in [6.07, 6.45) is 4.30. The summed E-state index contributed by atoms with van der Waals surface area (Å²) in [6.45, 7) is 1.43. The van der Waals surface area contributed by atoms with Crippen LogP contribution < -0.4 is 20.3 Å². The van der Waals surface area contributed by atoms with Gasteiger partial charge in [-0.05, 0) is 49.6 Å². The molecule has 6 rings (SSSR count). The van der Waals surface area contributed by atoms with E-state index in [0.29, 0.717) is 52.9 Å². The number of rotatable bonds is 6. The lowest BCUT2D eigenvalue weighted by atomic mass is 10.0. The molecule has 0 radical (unpaired) electrons. The Morgan fingerprint density at radius 3 is 2.71 bits per heavy atom. The second kappa shape index (κ2) is 9.36. The smallest absolute Gasteiger partial charge is 0.260 e. The SMILES string of the molecule is COc1cccc(F)c1-c1nccc2c1CN(c1ccc(C(=O)N(C)C3CC3)c(N3CCC(N)C3)n1)C2=O. The summed E-state index contributed by atoms with van der Waals surface area (Å²) < 4.78 is 20.3. The molecular formula is C28H29FN6O3. The molecule has 2 fully saturated rings. The summed E-state index contributed by atoms with van der Waals surface area (Å²) in [5, 5.41) is 0. The monoisotopic (exact) mass is 516 g/mol. The quantitative estimate of drug-likeness (QED) is 0.536. The van der Waals surface area contributed by atoms with Gasteiger partial charge in [-0.1, -0.05) is 6.07 Å². The molecule has 1 saturated heterocycles. The Hall–Kier alpha value is -4.05. The van der Waals surface area contributed by atoms with E-state index in [2.05, 4.69) is 4.98 Å². The van der Waals surface area contributed by atoms with Crippen molar-refractivity contribution in [2.24, 2.45) is 5.73 Å². The minimum Gasteiger partial charge on any atom is -0.496 e. The molecule has 196 valence electrons. The van der Waals surface area contributed by atoms with Gasteiger partial charge in [0.25, 0.3) is 11.8 Å². The lowest BCUT2D eigenvalue weighted by Crippen LogP contribution is -2.33. The number of carbonyl (C=O) groups excluding carboxylic acids is 2. The molecule has 3 aliphatic rings. The van der Waals surface area contributed by atoms with Crippen LogP contribution in [0, 0.1) is 5.82 Å². The van der Waals surface area contributed by atoms with Crippen molar-refractivity contribution in [3.05, 3.63) is 65.1 Å². The molecule has 1 unspecified atom stereocenters. The molecule has 38 heavy (non-hydrogen) atoms. The predicted octanol–water partition coefficient (Wildman–Crippen LogP) is 3.22. The zero-order chi connectivity index (χ0) is 26.6. The molecule has 10 heteroatoms. The minimum atomic E-state index is -0.482. The lowest BCUT2D eigenvalue weighted by molar-refractivity contribution is 0.0785. The van der Waals surface area contributed by atoms with Gasteiger partial charge >= 0.3 is 0 Å². The van der Waals surface area contributed by atoms with Gasteiger partial charge < -0.3 is 20.3 Å². The first-order chi connectivity index (χ1) is 18.4. The van der Waals surface area contributed by atoms with Crippen LogP contribution in [0.15, 0.2) is 42.6 Å². The van der Waals surface area contributed by atoms with E-state index in [-0.39, 0.29) is 36.0 Å². The molecule has 3 aromatic rings. The zero-order valence-electron chi connectivity index (χ0n) is 21.4. The fourth-order valence-electron chi connectivity index (χ4n) is 5.33. The zero-order valence-corrected chi connectivity index (χ0v) is 21.4. The van der Waals surface area contributed by atoms with Gasteiger partial charge in [-0.15, -0.1) is 0 Å². The van der Waals surface area contributed by atoms with Crippen LogP contribution in [0.4, 0.5) is 16.0 Å². The van der Waals surface area contributed by atoms with Crippen molar-refractivity contribution in [1.82, 2.24) is 14.9 Å². The van der Waals surface area contributed by atoms with Gasteiger partial charge in [-0.25, -0.2) is 9.37 Å². The molecule has 0 bridgehead atoms. The number of ether oxygens (including phenoxy) is 1. The van der Waals surface area contributed by atoms with Crippen LogP contribution >= 0.6 is 0 Å². The fourth-order valence-corrected chi connectivity index (χ4v) is 5.33. The van der Waals surface area contributed by atoms with E-state index in [1.807, 2.05) is 11.9 Å². The van der Waals surface area contributed by atoms with Gasteiger partial charge in [0.15, 0.2) is 0 Å². The number of halogens is 1. The first-order valence-corrected chi connectivity index (χ1v) is 12.8. The Bertz CT molecular complexity index is 1440. The molecule has 1 atom stereocenters. The Balaban J connectivity index is 1.39. The maximum atomic E-state index is 14.9. The molecule has 1 aliphatic carbocycles. The van der Waals surface area contributed by atoms with Crippen molar-refractivity contribution < 1.29 is 18.7 Å². The van der Waals surface area contributed by atoms with E-state index in [0.717, 1.165) is 19.3 Å². The predicted molar refractivity (Wildman–Crippen MR) is 141 cm³/mol. The van der Waals surface area contributed by atoms with Gasteiger partial charge in [0.2, 0.25) is 0 Å². The largest absolute Gasteiger partial charge is 0.496 e. The van der Waals surface area contributed by atoms with Gasteiger partial charge in [-0.3, -0.25) is 19.5 Å². The number of fused-ring (bicyclic) bond motifs is 1. The summed E-state index contributed by atoms with van der Waals surface area (Å²) in [7, 11) is 3.29. The van der Waals surface area contributed by atoms with E-state index in [1.165, 1.54) is 19.4 Å². The highest BCUT2D eigenvalue weighted by Crippen LogP contribution is 2.39. The van der Waals surface area contributed by atoms with E-state index in [4.69, 9.17) is 15.5 Å². The minimum absolute atomic E-state index is 0.00775. The number of nitrogens with zero attached hydrogens (tertiary/aromatic N) is 5. The van der Waals surface area contributed by atoms with Crippen LogP contribution in [0.5, 0.6) is 5.75 Å². The van der Waals surface area contributed by atoms with E-state index in [1.54, 1.807) is 40.1 Å². The van der Waals surface area contributed by atoms with Crippen molar-refractivity contribution in [3.63, 3.8) is 0 Å². The van der Waals surface area contributed by atoms with Crippen LogP contribution in [-0.4, -0.2) is 66.0 Å². The van der Waals surface area contributed by atoms with Crippen molar-refractivity contribution in [3.8, 4) is 17.0 Å². The van der Waals surface area contributed by atoms with Gasteiger partial charge in [0.05, 0.1) is 30.5 Å². The van der Waals surface area contributed by atoms with E-state index in [9.17, 15) is 14.0 Å². The third-order valence-corrected chi connectivity index (χ3v) is 7.59. The first-order valence-electron chi connectivity index (χ1n) is 12.8. The number of amides is 2. The van der Waals surface area contributed by atoms with Crippen LogP contribution in [0.2, 0.25) is 0 Å². The van der Waals surface area contributed by atoms with Crippen molar-refractivity contribution in [2.45, 2.75) is 37.9 Å². The summed E-state index contributed by atoms with van der Waals surface area (Å²) in [6, 6.07) is 9.91. The molecular weight excluding hydrogens is 487 g/mol. The van der Waals surface area contributed by atoms with Crippen molar-refractivity contribution in [2.75, 3.05) is 37.0 Å². The normalized spacial score (nSPS) is 18.6. The molecule has 2 N–H and O–H groups in total. The molecule has 2 aliphatic heterocycles. The number of anilines is 2. The highest BCUT2D eigenvalue weighted by atomic mass is 19.1. The average molecular weight is 517 g/mol. The topological polar surface area (TPSA) is 105 Å².